The van der Waals surface area contributed by atoms with Crippen molar-refractivity contribution in [3.63, 3.8) is 0 Å². The van der Waals surface area contributed by atoms with E-state index in [1.54, 1.807) is 0 Å². The zero-order chi connectivity index (χ0) is 17.4. The molecule has 0 saturated heterocycles. The van der Waals surface area contributed by atoms with Gasteiger partial charge in [-0.25, -0.2) is 0 Å². The van der Waals surface area contributed by atoms with Gasteiger partial charge in [0.05, 0.1) is 20.4 Å². The molecule has 2 rings (SSSR count). The van der Waals surface area contributed by atoms with E-state index in [9.17, 15) is 9.18 Å². The lowest BCUT2D eigenvalue weighted by molar-refractivity contribution is 0.108. The smallest absolute Gasteiger partial charge is 0.252 e. The molecule has 0 radical (unpaired) electrons. The van der Waals surface area contributed by atoms with Crippen LogP contribution >= 0.6 is 11.6 Å². The summed E-state index contributed by atoms with van der Waals surface area (Å²) in [4.78, 5) is 11.4. The molecule has 2 aromatic rings. The van der Waals surface area contributed by atoms with Gasteiger partial charge in [-0.05, 0) is 29.3 Å². The molecule has 0 fully saturated rings. The molecule has 24 heavy (non-hydrogen) atoms. The van der Waals surface area contributed by atoms with Gasteiger partial charge in [-0.2, -0.15) is 0 Å². The summed E-state index contributed by atoms with van der Waals surface area (Å²) in [6.45, 7) is -0.0441. The van der Waals surface area contributed by atoms with Crippen molar-refractivity contribution < 1.29 is 23.4 Å². The molecule has 4 nitrogen and oxygen atoms in total. The van der Waals surface area contributed by atoms with Crippen molar-refractivity contribution >= 4 is 16.8 Å². The second-order valence-corrected chi connectivity index (χ2v) is 5.29. The van der Waals surface area contributed by atoms with Crippen LogP contribution in [-0.4, -0.2) is 25.6 Å². The molecule has 0 amide bonds. The van der Waals surface area contributed by atoms with Crippen LogP contribution in [0.4, 0.5) is 4.39 Å². The summed E-state index contributed by atoms with van der Waals surface area (Å²) in [6.07, 6.45) is 0.236. The average Bonchev–Trinajstić information content (AvgIpc) is 2.60. The first-order chi connectivity index (χ1) is 11.7. The summed E-state index contributed by atoms with van der Waals surface area (Å²) in [7, 11) is 1.46. The van der Waals surface area contributed by atoms with Crippen molar-refractivity contribution in [1.29, 1.82) is 0 Å². The first kappa shape index (κ1) is 18.1. The van der Waals surface area contributed by atoms with E-state index >= 15 is 0 Å². The van der Waals surface area contributed by atoms with Crippen LogP contribution in [0.5, 0.6) is 17.2 Å². The highest BCUT2D eigenvalue weighted by Gasteiger charge is 2.17. The van der Waals surface area contributed by atoms with E-state index in [2.05, 4.69) is 0 Å². The van der Waals surface area contributed by atoms with Crippen LogP contribution in [0.15, 0.2) is 42.5 Å². The number of carbonyl (C=O) groups is 1. The third kappa shape index (κ3) is 4.86. The topological polar surface area (TPSA) is 44.8 Å². The maximum Gasteiger partial charge on any atom is 0.252 e. The Morgan fingerprint density at radius 3 is 2.46 bits per heavy atom. The number of rotatable bonds is 9. The number of ether oxygens (including phenoxy) is 3. The fourth-order valence-corrected chi connectivity index (χ4v) is 2.17. The molecule has 0 spiro atoms. The fraction of sp³-hybridized carbons (Fsp3) is 0.278. The van der Waals surface area contributed by atoms with Gasteiger partial charge in [0.25, 0.3) is 5.24 Å². The zero-order valence-corrected chi connectivity index (χ0v) is 14.0. The van der Waals surface area contributed by atoms with Crippen molar-refractivity contribution in [2.45, 2.75) is 13.0 Å². The largest absolute Gasteiger partial charge is 0.493 e. The Kier molecular flexibility index (Phi) is 6.88. The average molecular weight is 353 g/mol. The maximum atomic E-state index is 12.3. The van der Waals surface area contributed by atoms with Crippen LogP contribution in [0.3, 0.4) is 0 Å². The zero-order valence-electron chi connectivity index (χ0n) is 13.3. The molecule has 0 bridgehead atoms. The van der Waals surface area contributed by atoms with E-state index < -0.39 is 11.9 Å². The number of halogens is 2. The van der Waals surface area contributed by atoms with E-state index in [-0.39, 0.29) is 18.6 Å². The summed E-state index contributed by atoms with van der Waals surface area (Å²) in [5, 5.41) is -0.641. The number of alkyl halides is 1. The summed E-state index contributed by atoms with van der Waals surface area (Å²) >= 11 is 5.54. The van der Waals surface area contributed by atoms with Gasteiger partial charge in [-0.3, -0.25) is 9.18 Å². The fourth-order valence-electron chi connectivity index (χ4n) is 2.06. The summed E-state index contributed by atoms with van der Waals surface area (Å²) in [5.41, 5.74) is 1.18. The molecular formula is C18H18ClFO4. The molecule has 0 atom stereocenters. The Bertz CT molecular complexity index is 676. The molecular weight excluding hydrogens is 335 g/mol. The van der Waals surface area contributed by atoms with Crippen LogP contribution in [0.25, 0.3) is 0 Å². The molecule has 0 unspecified atom stereocenters. The molecule has 0 aliphatic carbocycles. The Labute approximate surface area is 145 Å². The van der Waals surface area contributed by atoms with Crippen molar-refractivity contribution in [3.05, 3.63) is 53.6 Å². The van der Waals surface area contributed by atoms with Gasteiger partial charge in [0.2, 0.25) is 5.75 Å². The highest BCUT2D eigenvalue weighted by atomic mass is 35.5. The van der Waals surface area contributed by atoms with Gasteiger partial charge < -0.3 is 14.2 Å². The minimum Gasteiger partial charge on any atom is -0.493 e. The van der Waals surface area contributed by atoms with Crippen molar-refractivity contribution in [2.24, 2.45) is 0 Å². The van der Waals surface area contributed by atoms with Crippen LogP contribution in [0.2, 0.25) is 0 Å². The molecule has 0 N–H and O–H groups in total. The first-order valence-corrected chi connectivity index (χ1v) is 7.81. The minimum absolute atomic E-state index is 0.154. The molecule has 6 heteroatoms. The number of benzene rings is 2. The van der Waals surface area contributed by atoms with Gasteiger partial charge >= 0.3 is 0 Å². The lowest BCUT2D eigenvalue weighted by Crippen LogP contribution is -2.05. The number of methoxy groups -OCH3 is 1. The van der Waals surface area contributed by atoms with Crippen LogP contribution in [-0.2, 0) is 6.61 Å². The number of hydrogen-bond donors (Lipinski definition) is 0. The third-order valence-electron chi connectivity index (χ3n) is 3.23. The van der Waals surface area contributed by atoms with E-state index in [0.717, 1.165) is 5.56 Å². The Morgan fingerprint density at radius 2 is 1.83 bits per heavy atom. The predicted molar refractivity (Wildman–Crippen MR) is 90.0 cm³/mol. The molecule has 0 aliphatic rings. The second kappa shape index (κ2) is 9.13. The van der Waals surface area contributed by atoms with Crippen LogP contribution < -0.4 is 14.2 Å². The summed E-state index contributed by atoms with van der Waals surface area (Å²) in [5.74, 6) is 0.970. The van der Waals surface area contributed by atoms with Gasteiger partial charge in [0.15, 0.2) is 11.5 Å². The van der Waals surface area contributed by atoms with Gasteiger partial charge in [0.1, 0.15) is 6.61 Å². The molecule has 0 heterocycles. The van der Waals surface area contributed by atoms with E-state index in [4.69, 9.17) is 25.8 Å². The molecule has 0 saturated carbocycles. The van der Waals surface area contributed by atoms with Gasteiger partial charge in [-0.15, -0.1) is 0 Å². The van der Waals surface area contributed by atoms with Crippen molar-refractivity contribution in [2.75, 3.05) is 20.4 Å². The third-order valence-corrected chi connectivity index (χ3v) is 3.45. The molecule has 2 aromatic carbocycles. The maximum absolute atomic E-state index is 12.3. The highest BCUT2D eigenvalue weighted by molar-refractivity contribution is 6.67. The Balaban J connectivity index is 2.28. The predicted octanol–water partition coefficient (Wildman–Crippen LogP) is 4.39. The Hall–Kier alpha value is -2.27. The van der Waals surface area contributed by atoms with Gasteiger partial charge in [-0.1, -0.05) is 30.3 Å². The molecule has 0 aliphatic heterocycles. The number of hydrogen-bond acceptors (Lipinski definition) is 4. The minimum atomic E-state index is -0.641. The normalized spacial score (nSPS) is 10.3. The molecule has 0 aromatic heterocycles. The Morgan fingerprint density at radius 1 is 1.12 bits per heavy atom. The monoisotopic (exact) mass is 352 g/mol. The van der Waals surface area contributed by atoms with E-state index in [1.807, 2.05) is 30.3 Å². The summed E-state index contributed by atoms with van der Waals surface area (Å²) < 4.78 is 28.9. The van der Waals surface area contributed by atoms with Crippen molar-refractivity contribution in [1.82, 2.24) is 0 Å². The SMILES string of the molecule is COc1cc(C(=O)Cl)cc(OCCCF)c1OCc1ccccc1. The quantitative estimate of drug-likeness (QED) is 0.496. The lowest BCUT2D eigenvalue weighted by atomic mass is 10.2. The lowest BCUT2D eigenvalue weighted by Gasteiger charge is -2.16. The van der Waals surface area contributed by atoms with E-state index in [0.29, 0.717) is 23.9 Å². The second-order valence-electron chi connectivity index (χ2n) is 4.94. The van der Waals surface area contributed by atoms with Crippen LogP contribution in [0, 0.1) is 0 Å². The van der Waals surface area contributed by atoms with Crippen LogP contribution in [0.1, 0.15) is 22.3 Å². The highest BCUT2D eigenvalue weighted by Crippen LogP contribution is 2.39. The van der Waals surface area contributed by atoms with Crippen molar-refractivity contribution in [3.8, 4) is 17.2 Å². The number of carbonyl (C=O) groups excluding carboxylic acids is 1. The van der Waals surface area contributed by atoms with E-state index in [1.165, 1.54) is 19.2 Å². The standard InChI is InChI=1S/C18H18ClFO4/c1-22-15-10-14(18(19)21)11-16(23-9-5-8-20)17(15)24-12-13-6-3-2-4-7-13/h2-4,6-7,10-11H,5,8-9,12H2,1H3. The summed E-state index contributed by atoms with van der Waals surface area (Å²) in [6, 6.07) is 12.5. The van der Waals surface area contributed by atoms with Gasteiger partial charge in [0, 0.05) is 12.0 Å². The molecule has 128 valence electrons. The first-order valence-electron chi connectivity index (χ1n) is 7.43.